The van der Waals surface area contributed by atoms with Crippen molar-refractivity contribution < 1.29 is 9.84 Å². The predicted molar refractivity (Wildman–Crippen MR) is 78.9 cm³/mol. The van der Waals surface area contributed by atoms with Crippen LogP contribution in [0.15, 0.2) is 52.3 Å². The van der Waals surface area contributed by atoms with Crippen molar-refractivity contribution in [2.24, 2.45) is 0 Å². The molecular weight excluding hydrogens is 256 g/mol. The van der Waals surface area contributed by atoms with Crippen molar-refractivity contribution in [1.82, 2.24) is 0 Å². The van der Waals surface area contributed by atoms with Crippen LogP contribution in [0.25, 0.3) is 0 Å². The summed E-state index contributed by atoms with van der Waals surface area (Å²) >= 11 is 1.66. The maximum atomic E-state index is 9.97. The van der Waals surface area contributed by atoms with E-state index in [0.29, 0.717) is 0 Å². The van der Waals surface area contributed by atoms with Gasteiger partial charge in [0.05, 0.1) is 13.2 Å². The fourth-order valence-electron chi connectivity index (χ4n) is 1.99. The number of hydrogen-bond acceptors (Lipinski definition) is 3. The molecule has 0 aliphatic rings. The van der Waals surface area contributed by atoms with Crippen molar-refractivity contribution in [3.05, 3.63) is 53.6 Å². The standard InChI is InChI=1S/C16H18O2S/c1-11-7-4-5-9-14(11)19-15-10-6-8-13(18-3)16(15)12(2)17/h4-10,12,17H,1-3H3/t12-/m1/s1. The van der Waals surface area contributed by atoms with Gasteiger partial charge in [-0.15, -0.1) is 0 Å². The van der Waals surface area contributed by atoms with Crippen LogP contribution < -0.4 is 4.74 Å². The third kappa shape index (κ3) is 3.11. The first-order valence-corrected chi connectivity index (χ1v) is 7.03. The van der Waals surface area contributed by atoms with Crippen molar-refractivity contribution in [2.45, 2.75) is 29.7 Å². The number of benzene rings is 2. The van der Waals surface area contributed by atoms with Gasteiger partial charge in [0.2, 0.25) is 0 Å². The number of aryl methyl sites for hydroxylation is 1. The van der Waals surface area contributed by atoms with E-state index in [2.05, 4.69) is 19.1 Å². The highest BCUT2D eigenvalue weighted by Gasteiger charge is 2.15. The Kier molecular flexibility index (Phi) is 4.51. The zero-order valence-electron chi connectivity index (χ0n) is 11.4. The van der Waals surface area contributed by atoms with Crippen LogP contribution in [0.2, 0.25) is 0 Å². The summed E-state index contributed by atoms with van der Waals surface area (Å²) < 4.78 is 5.34. The Balaban J connectivity index is 2.43. The SMILES string of the molecule is COc1cccc(Sc2ccccc2C)c1[C@@H](C)O. The Bertz CT molecular complexity index is 564. The lowest BCUT2D eigenvalue weighted by Gasteiger charge is -2.16. The normalized spacial score (nSPS) is 12.2. The van der Waals surface area contributed by atoms with Crippen molar-refractivity contribution >= 4 is 11.8 Å². The zero-order chi connectivity index (χ0) is 13.8. The van der Waals surface area contributed by atoms with E-state index in [-0.39, 0.29) is 0 Å². The molecular formula is C16H18O2S. The molecule has 19 heavy (non-hydrogen) atoms. The Labute approximate surface area is 118 Å². The average molecular weight is 274 g/mol. The van der Waals surface area contributed by atoms with Crippen LogP contribution in [0.3, 0.4) is 0 Å². The minimum absolute atomic E-state index is 0.553. The van der Waals surface area contributed by atoms with Gasteiger partial charge >= 0.3 is 0 Å². The highest BCUT2D eigenvalue weighted by atomic mass is 32.2. The molecule has 0 bridgehead atoms. The second kappa shape index (κ2) is 6.13. The first kappa shape index (κ1) is 14.0. The minimum Gasteiger partial charge on any atom is -0.496 e. The molecule has 2 nitrogen and oxygen atoms in total. The maximum absolute atomic E-state index is 9.97. The van der Waals surface area contributed by atoms with Crippen molar-refractivity contribution in [2.75, 3.05) is 7.11 Å². The summed E-state index contributed by atoms with van der Waals surface area (Å²) in [5.74, 6) is 0.730. The number of ether oxygens (including phenoxy) is 1. The van der Waals surface area contributed by atoms with Crippen LogP contribution in [0.4, 0.5) is 0 Å². The summed E-state index contributed by atoms with van der Waals surface area (Å²) in [5.41, 5.74) is 2.07. The monoisotopic (exact) mass is 274 g/mol. The summed E-state index contributed by atoms with van der Waals surface area (Å²) in [6.07, 6.45) is -0.553. The molecule has 2 aromatic carbocycles. The van der Waals surface area contributed by atoms with Gasteiger partial charge in [-0.1, -0.05) is 36.0 Å². The second-order valence-corrected chi connectivity index (χ2v) is 5.50. The van der Waals surface area contributed by atoms with Gasteiger partial charge in [-0.3, -0.25) is 0 Å². The van der Waals surface area contributed by atoms with Gasteiger partial charge in [0.15, 0.2) is 0 Å². The van der Waals surface area contributed by atoms with E-state index in [4.69, 9.17) is 4.74 Å². The molecule has 2 aromatic rings. The molecule has 0 aliphatic heterocycles. The van der Waals surface area contributed by atoms with E-state index in [1.165, 1.54) is 10.5 Å². The molecule has 3 heteroatoms. The Hall–Kier alpha value is -1.45. The molecule has 0 aliphatic carbocycles. The highest BCUT2D eigenvalue weighted by Crippen LogP contribution is 2.39. The Morgan fingerprint density at radius 2 is 1.74 bits per heavy atom. The number of aliphatic hydroxyl groups excluding tert-OH is 1. The molecule has 0 saturated heterocycles. The van der Waals surface area contributed by atoms with Crippen molar-refractivity contribution in [3.8, 4) is 5.75 Å². The highest BCUT2D eigenvalue weighted by molar-refractivity contribution is 7.99. The molecule has 1 atom stereocenters. The average Bonchev–Trinajstić information content (AvgIpc) is 2.40. The number of methoxy groups -OCH3 is 1. The summed E-state index contributed by atoms with van der Waals surface area (Å²) in [6.45, 7) is 3.85. The number of aliphatic hydroxyl groups is 1. The lowest BCUT2D eigenvalue weighted by molar-refractivity contribution is 0.191. The van der Waals surface area contributed by atoms with Crippen molar-refractivity contribution in [3.63, 3.8) is 0 Å². The molecule has 0 unspecified atom stereocenters. The van der Waals surface area contributed by atoms with Gasteiger partial charge < -0.3 is 9.84 Å². The first-order chi connectivity index (χ1) is 9.13. The van der Waals surface area contributed by atoms with Gasteiger partial charge in [-0.05, 0) is 37.6 Å². The Morgan fingerprint density at radius 1 is 1.05 bits per heavy atom. The van der Waals surface area contributed by atoms with Crippen LogP contribution >= 0.6 is 11.8 Å². The lowest BCUT2D eigenvalue weighted by Crippen LogP contribution is -1.99. The van der Waals surface area contributed by atoms with E-state index < -0.39 is 6.10 Å². The number of hydrogen-bond donors (Lipinski definition) is 1. The summed E-state index contributed by atoms with van der Waals surface area (Å²) in [6, 6.07) is 14.1. The fourth-order valence-corrected chi connectivity index (χ4v) is 3.13. The van der Waals surface area contributed by atoms with Crippen molar-refractivity contribution in [1.29, 1.82) is 0 Å². The smallest absolute Gasteiger partial charge is 0.125 e. The van der Waals surface area contributed by atoms with Gasteiger partial charge in [0, 0.05) is 15.4 Å². The predicted octanol–water partition coefficient (Wildman–Crippen LogP) is 4.21. The maximum Gasteiger partial charge on any atom is 0.125 e. The molecule has 0 amide bonds. The summed E-state index contributed by atoms with van der Waals surface area (Å²) in [5, 5.41) is 9.97. The molecule has 0 saturated carbocycles. The summed E-state index contributed by atoms with van der Waals surface area (Å²) in [7, 11) is 1.63. The molecule has 0 heterocycles. The number of rotatable bonds is 4. The van der Waals surface area contributed by atoms with Gasteiger partial charge in [0.25, 0.3) is 0 Å². The molecule has 0 fully saturated rings. The van der Waals surface area contributed by atoms with Gasteiger partial charge in [0.1, 0.15) is 5.75 Å². The summed E-state index contributed by atoms with van der Waals surface area (Å²) in [4.78, 5) is 2.22. The van der Waals surface area contributed by atoms with Gasteiger partial charge in [-0.2, -0.15) is 0 Å². The van der Waals surface area contributed by atoms with Crippen LogP contribution in [0, 0.1) is 6.92 Å². The lowest BCUT2D eigenvalue weighted by atomic mass is 10.1. The van der Waals surface area contributed by atoms with Crippen LogP contribution in [0.5, 0.6) is 5.75 Å². The Morgan fingerprint density at radius 3 is 2.37 bits per heavy atom. The van der Waals surface area contributed by atoms with Crippen LogP contribution in [0.1, 0.15) is 24.2 Å². The fraction of sp³-hybridized carbons (Fsp3) is 0.250. The second-order valence-electron chi connectivity index (χ2n) is 4.42. The minimum atomic E-state index is -0.553. The first-order valence-electron chi connectivity index (χ1n) is 6.22. The van der Waals surface area contributed by atoms with E-state index >= 15 is 0 Å². The molecule has 0 spiro atoms. The molecule has 0 aromatic heterocycles. The van der Waals surface area contributed by atoms with E-state index in [0.717, 1.165) is 16.2 Å². The molecule has 1 N–H and O–H groups in total. The zero-order valence-corrected chi connectivity index (χ0v) is 12.2. The van der Waals surface area contributed by atoms with E-state index in [1.807, 2.05) is 30.3 Å². The third-order valence-corrected chi connectivity index (χ3v) is 4.23. The quantitative estimate of drug-likeness (QED) is 0.905. The van der Waals surface area contributed by atoms with Crippen LogP contribution in [-0.2, 0) is 0 Å². The van der Waals surface area contributed by atoms with E-state index in [9.17, 15) is 5.11 Å². The largest absolute Gasteiger partial charge is 0.496 e. The molecule has 0 radical (unpaired) electrons. The van der Waals surface area contributed by atoms with Gasteiger partial charge in [-0.25, -0.2) is 0 Å². The molecule has 2 rings (SSSR count). The third-order valence-electron chi connectivity index (χ3n) is 2.98. The van der Waals surface area contributed by atoms with Crippen LogP contribution in [-0.4, -0.2) is 12.2 Å². The van der Waals surface area contributed by atoms with E-state index in [1.54, 1.807) is 25.8 Å². The topological polar surface area (TPSA) is 29.5 Å². The molecule has 100 valence electrons.